The van der Waals surface area contributed by atoms with Gasteiger partial charge in [-0.2, -0.15) is 0 Å². The van der Waals surface area contributed by atoms with E-state index in [0.29, 0.717) is 42.1 Å². The largest absolute Gasteiger partial charge is 0.446 e. The van der Waals surface area contributed by atoms with Crippen molar-refractivity contribution in [3.05, 3.63) is 0 Å². The minimum Gasteiger partial charge on any atom is -0.446 e. The lowest BCUT2D eigenvalue weighted by molar-refractivity contribution is -0.128. The summed E-state index contributed by atoms with van der Waals surface area (Å²) in [4.78, 5) is 12.2. The van der Waals surface area contributed by atoms with Crippen molar-refractivity contribution in [2.24, 2.45) is 34.5 Å². The van der Waals surface area contributed by atoms with Crippen LogP contribution in [0.15, 0.2) is 0 Å². The Hall–Kier alpha value is -0.870. The van der Waals surface area contributed by atoms with Gasteiger partial charge in [0.1, 0.15) is 12.3 Å². The first kappa shape index (κ1) is 20.4. The summed E-state index contributed by atoms with van der Waals surface area (Å²) in [7, 11) is 0. The molecule has 0 aliphatic heterocycles. The van der Waals surface area contributed by atoms with Crippen LogP contribution in [0, 0.1) is 34.5 Å². The lowest BCUT2D eigenvalue weighted by Gasteiger charge is -2.60. The Kier molecular flexibility index (Phi) is 5.65. The van der Waals surface area contributed by atoms with Crippen molar-refractivity contribution >= 4 is 6.09 Å². The number of rotatable bonds is 4. The molecule has 0 unspecified atom stereocenters. The molecule has 0 bridgehead atoms. The molecular weight excluding hydrogens is 360 g/mol. The second-order valence-electron chi connectivity index (χ2n) is 10.5. The fraction of sp³-hybridized carbons (Fsp3) is 0.957. The quantitative estimate of drug-likeness (QED) is 0.607. The highest BCUT2D eigenvalue weighted by Crippen LogP contribution is 2.66. The molecule has 0 heterocycles. The molecule has 0 saturated heterocycles. The van der Waals surface area contributed by atoms with Crippen molar-refractivity contribution in [2.75, 3.05) is 13.2 Å². The molecule has 0 spiro atoms. The Balaban J connectivity index is 1.44. The van der Waals surface area contributed by atoms with E-state index in [-0.39, 0.29) is 17.6 Å². The summed E-state index contributed by atoms with van der Waals surface area (Å²) in [6.45, 7) is 4.69. The van der Waals surface area contributed by atoms with Gasteiger partial charge in [0.15, 0.2) is 0 Å². The average molecular weight is 398 g/mol. The lowest BCUT2D eigenvalue weighted by atomic mass is 9.45. The molecule has 0 aromatic rings. The number of nitrogens with one attached hydrogen (secondary N) is 1. The van der Waals surface area contributed by atoms with Crippen LogP contribution >= 0.6 is 0 Å². The van der Waals surface area contributed by atoms with Crippen molar-refractivity contribution in [1.82, 2.24) is 5.32 Å². The van der Waals surface area contributed by atoms with E-state index >= 15 is 0 Å². The van der Waals surface area contributed by atoms with Crippen LogP contribution in [0.5, 0.6) is 0 Å². The lowest BCUT2D eigenvalue weighted by Crippen LogP contribution is -2.54. The normalized spacial score (nSPS) is 47.6. The first-order chi connectivity index (χ1) is 13.4. The van der Waals surface area contributed by atoms with Crippen LogP contribution in [-0.4, -0.2) is 31.6 Å². The molecule has 0 radical (unpaired) electrons. The molecule has 0 aromatic heterocycles. The molecular formula is C23H37F2NO2. The van der Waals surface area contributed by atoms with Gasteiger partial charge in [-0.1, -0.05) is 13.8 Å². The van der Waals surface area contributed by atoms with Gasteiger partial charge in [-0.3, -0.25) is 4.39 Å². The summed E-state index contributed by atoms with van der Waals surface area (Å²) in [5.41, 5.74) is 0.356. The fourth-order valence-corrected chi connectivity index (χ4v) is 7.78. The summed E-state index contributed by atoms with van der Waals surface area (Å²) in [5, 5.41) is 2.69. The number of amides is 1. The molecule has 4 aliphatic carbocycles. The van der Waals surface area contributed by atoms with Crippen LogP contribution in [0.25, 0.3) is 0 Å². The van der Waals surface area contributed by atoms with E-state index in [0.717, 1.165) is 38.5 Å². The van der Waals surface area contributed by atoms with E-state index in [4.69, 9.17) is 4.74 Å². The second kappa shape index (κ2) is 7.75. The number of hydrogen-bond acceptors (Lipinski definition) is 2. The summed E-state index contributed by atoms with van der Waals surface area (Å²) >= 11 is 0. The highest BCUT2D eigenvalue weighted by atomic mass is 19.1. The summed E-state index contributed by atoms with van der Waals surface area (Å²) in [6.07, 6.45) is 8.61. The molecule has 5 heteroatoms. The van der Waals surface area contributed by atoms with Gasteiger partial charge in [-0.15, -0.1) is 0 Å². The van der Waals surface area contributed by atoms with Gasteiger partial charge < -0.3 is 10.1 Å². The SMILES string of the molecule is C[C@]12CC[C@@H](F)C[C@@H]1CC[C@@H]1[C@@H]2CC[C@]2(C)[C@@H](OC(=O)NCCCF)CC[C@@H]12. The van der Waals surface area contributed by atoms with Crippen LogP contribution < -0.4 is 5.32 Å². The van der Waals surface area contributed by atoms with Gasteiger partial charge in [0.2, 0.25) is 0 Å². The molecule has 3 nitrogen and oxygen atoms in total. The van der Waals surface area contributed by atoms with E-state index in [2.05, 4.69) is 19.2 Å². The molecule has 0 aromatic carbocycles. The number of alkyl halides is 2. The Morgan fingerprint density at radius 2 is 1.79 bits per heavy atom. The van der Waals surface area contributed by atoms with Gasteiger partial charge in [-0.25, -0.2) is 9.18 Å². The summed E-state index contributed by atoms with van der Waals surface area (Å²) in [5.74, 6) is 2.56. The molecule has 28 heavy (non-hydrogen) atoms. The fourth-order valence-electron chi connectivity index (χ4n) is 7.78. The maximum Gasteiger partial charge on any atom is 0.407 e. The summed E-state index contributed by atoms with van der Waals surface area (Å²) in [6, 6.07) is 0. The van der Waals surface area contributed by atoms with Gasteiger partial charge >= 0.3 is 6.09 Å². The Bertz CT molecular complexity index is 587. The number of halogens is 2. The zero-order valence-corrected chi connectivity index (χ0v) is 17.5. The van der Waals surface area contributed by atoms with E-state index in [1.165, 1.54) is 19.3 Å². The Morgan fingerprint density at radius 3 is 2.57 bits per heavy atom. The van der Waals surface area contributed by atoms with Crippen molar-refractivity contribution in [3.63, 3.8) is 0 Å². The van der Waals surface area contributed by atoms with E-state index in [1.54, 1.807) is 0 Å². The molecule has 1 amide bonds. The topological polar surface area (TPSA) is 38.3 Å². The standard InChI is InChI=1S/C23H37F2NO2/c1-22-10-8-16(25)14-15(22)4-5-17-18-6-7-20(23(18,2)11-9-19(17)22)28-21(27)26-13-3-12-24/h15-20H,3-14H2,1-2H3,(H,26,27)/t15-,16+,17-,18-,19-,20-,22-,23-/m0/s1. The molecule has 4 aliphatic rings. The minimum atomic E-state index is -0.594. The van der Waals surface area contributed by atoms with Crippen molar-refractivity contribution < 1.29 is 18.3 Å². The number of fused-ring (bicyclic) bond motifs is 5. The maximum absolute atomic E-state index is 14.0. The minimum absolute atomic E-state index is 0.0315. The number of hydrogen-bond donors (Lipinski definition) is 1. The first-order valence-corrected chi connectivity index (χ1v) is 11.5. The zero-order chi connectivity index (χ0) is 19.9. The van der Waals surface area contributed by atoms with Crippen LogP contribution in [0.3, 0.4) is 0 Å². The van der Waals surface area contributed by atoms with Gasteiger partial charge in [0, 0.05) is 12.0 Å². The highest BCUT2D eigenvalue weighted by Gasteiger charge is 2.61. The smallest absolute Gasteiger partial charge is 0.407 e. The maximum atomic E-state index is 14.0. The molecule has 4 saturated carbocycles. The van der Waals surface area contributed by atoms with Crippen LogP contribution in [0.2, 0.25) is 0 Å². The average Bonchev–Trinajstić information content (AvgIpc) is 2.99. The van der Waals surface area contributed by atoms with Crippen LogP contribution in [0.4, 0.5) is 13.6 Å². The number of alkyl carbamates (subject to hydrolysis) is 1. The van der Waals surface area contributed by atoms with E-state index in [1.807, 2.05) is 0 Å². The third-order valence-corrected chi connectivity index (χ3v) is 9.34. The number of carbonyl (C=O) groups is 1. The second-order valence-corrected chi connectivity index (χ2v) is 10.5. The van der Waals surface area contributed by atoms with Crippen molar-refractivity contribution in [1.29, 1.82) is 0 Å². The first-order valence-electron chi connectivity index (χ1n) is 11.5. The number of carbonyl (C=O) groups excluding carboxylic acids is 1. The zero-order valence-electron chi connectivity index (χ0n) is 17.5. The molecule has 4 fully saturated rings. The highest BCUT2D eigenvalue weighted by molar-refractivity contribution is 5.67. The van der Waals surface area contributed by atoms with Crippen LogP contribution in [0.1, 0.15) is 78.1 Å². The predicted octanol–water partition coefficient (Wildman–Crippen LogP) is 5.82. The third kappa shape index (κ3) is 3.35. The molecule has 160 valence electrons. The van der Waals surface area contributed by atoms with Gasteiger partial charge in [-0.05, 0) is 93.3 Å². The van der Waals surface area contributed by atoms with Gasteiger partial charge in [0.25, 0.3) is 0 Å². The number of ether oxygens (including phenoxy) is 1. The summed E-state index contributed by atoms with van der Waals surface area (Å²) < 4.78 is 32.1. The molecule has 1 N–H and O–H groups in total. The monoisotopic (exact) mass is 397 g/mol. The van der Waals surface area contributed by atoms with Gasteiger partial charge in [0.05, 0.1) is 6.67 Å². The Labute approximate surface area is 168 Å². The predicted molar refractivity (Wildman–Crippen MR) is 105 cm³/mol. The third-order valence-electron chi connectivity index (χ3n) is 9.34. The molecule has 8 atom stereocenters. The van der Waals surface area contributed by atoms with E-state index in [9.17, 15) is 13.6 Å². The van der Waals surface area contributed by atoms with Crippen LogP contribution in [-0.2, 0) is 4.74 Å². The Morgan fingerprint density at radius 1 is 1.04 bits per heavy atom. The van der Waals surface area contributed by atoms with E-state index < -0.39 is 12.8 Å². The van der Waals surface area contributed by atoms with Crippen molar-refractivity contribution in [2.45, 2.75) is 90.3 Å². The van der Waals surface area contributed by atoms with Crippen molar-refractivity contribution in [3.8, 4) is 0 Å². The molecule has 4 rings (SSSR count).